The smallest absolute Gasteiger partial charge is 0.220 e. The van der Waals surface area contributed by atoms with Gasteiger partial charge >= 0.3 is 0 Å². The molecule has 2 aliphatic rings. The van der Waals surface area contributed by atoms with E-state index in [0.29, 0.717) is 24.6 Å². The summed E-state index contributed by atoms with van der Waals surface area (Å²) in [4.78, 5) is 13.5. The first-order chi connectivity index (χ1) is 9.69. The highest BCUT2D eigenvalue weighted by molar-refractivity contribution is 5.77. The zero-order valence-corrected chi connectivity index (χ0v) is 11.4. The van der Waals surface area contributed by atoms with Crippen LogP contribution in [0.3, 0.4) is 0 Å². The van der Waals surface area contributed by atoms with Gasteiger partial charge in [0, 0.05) is 32.1 Å². The number of hydrogen-bond donors (Lipinski definition) is 2. The Morgan fingerprint density at radius 1 is 1.40 bits per heavy atom. The van der Waals surface area contributed by atoms with Gasteiger partial charge in [0.25, 0.3) is 0 Å². The average Bonchev–Trinajstić information content (AvgIpc) is 2.46. The van der Waals surface area contributed by atoms with Crippen molar-refractivity contribution < 1.29 is 9.18 Å². The number of halogens is 1. The van der Waals surface area contributed by atoms with Gasteiger partial charge in [-0.05, 0) is 30.4 Å². The first-order valence-corrected chi connectivity index (χ1v) is 7.21. The molecule has 2 saturated heterocycles. The zero-order valence-electron chi connectivity index (χ0n) is 11.4. The van der Waals surface area contributed by atoms with E-state index in [9.17, 15) is 9.18 Å². The van der Waals surface area contributed by atoms with E-state index in [0.717, 1.165) is 31.5 Å². The summed E-state index contributed by atoms with van der Waals surface area (Å²) in [5.41, 5.74) is 7.22. The van der Waals surface area contributed by atoms with Gasteiger partial charge in [-0.1, -0.05) is 12.1 Å². The number of fused-ring (bicyclic) bond motifs is 1. The highest BCUT2D eigenvalue weighted by Crippen LogP contribution is 2.32. The minimum absolute atomic E-state index is 0.147. The summed E-state index contributed by atoms with van der Waals surface area (Å²) < 4.78 is 14.1. The summed E-state index contributed by atoms with van der Waals surface area (Å²) in [6, 6.07) is 5.32. The summed E-state index contributed by atoms with van der Waals surface area (Å²) in [5.74, 6) is 0.353. The van der Waals surface area contributed by atoms with Crippen molar-refractivity contribution in [3.05, 3.63) is 29.6 Å². The number of hydrogen-bond acceptors (Lipinski definition) is 3. The number of carbonyl (C=O) groups is 1. The monoisotopic (exact) mass is 277 g/mol. The number of nitrogens with one attached hydrogen (secondary N) is 1. The van der Waals surface area contributed by atoms with Crippen LogP contribution >= 0.6 is 0 Å². The van der Waals surface area contributed by atoms with Crippen molar-refractivity contribution in [2.75, 3.05) is 18.0 Å². The molecule has 2 heterocycles. The topological polar surface area (TPSA) is 58.4 Å². The molecule has 0 radical (unpaired) electrons. The Morgan fingerprint density at radius 3 is 3.05 bits per heavy atom. The van der Waals surface area contributed by atoms with Crippen molar-refractivity contribution >= 4 is 11.6 Å². The van der Waals surface area contributed by atoms with Gasteiger partial charge in [-0.15, -0.1) is 0 Å². The molecule has 3 rings (SSSR count). The molecule has 1 amide bonds. The first-order valence-electron chi connectivity index (χ1n) is 7.21. The van der Waals surface area contributed by atoms with E-state index in [4.69, 9.17) is 5.73 Å². The molecular formula is C15H20FN3O. The lowest BCUT2D eigenvalue weighted by Crippen LogP contribution is -2.54. The normalized spacial score (nSPS) is 26.1. The van der Waals surface area contributed by atoms with Crippen LogP contribution in [0.1, 0.15) is 24.8 Å². The number of anilines is 1. The fraction of sp³-hybridized carbons (Fsp3) is 0.533. The second kappa shape index (κ2) is 5.40. The van der Waals surface area contributed by atoms with Crippen LogP contribution in [0.25, 0.3) is 0 Å². The Hall–Kier alpha value is -1.62. The molecule has 4 nitrogen and oxygen atoms in total. The summed E-state index contributed by atoms with van der Waals surface area (Å²) in [6.07, 6.45) is 2.34. The molecule has 20 heavy (non-hydrogen) atoms. The van der Waals surface area contributed by atoms with Gasteiger partial charge in [0.05, 0.1) is 5.69 Å². The maximum absolute atomic E-state index is 14.1. The van der Waals surface area contributed by atoms with Crippen LogP contribution in [0.4, 0.5) is 10.1 Å². The molecule has 2 aliphatic heterocycles. The number of benzene rings is 1. The van der Waals surface area contributed by atoms with Crippen molar-refractivity contribution in [3.8, 4) is 0 Å². The van der Waals surface area contributed by atoms with Gasteiger partial charge < -0.3 is 16.0 Å². The van der Waals surface area contributed by atoms with Gasteiger partial charge in [0.15, 0.2) is 0 Å². The van der Waals surface area contributed by atoms with Gasteiger partial charge in [-0.3, -0.25) is 4.79 Å². The Bertz CT molecular complexity index is 520. The van der Waals surface area contributed by atoms with Crippen molar-refractivity contribution in [1.82, 2.24) is 5.32 Å². The predicted octanol–water partition coefficient (Wildman–Crippen LogP) is 1.39. The standard InChI is InChI=1S/C15H20FN3O/c16-12-3-1-2-10(8-17)15(12)19-7-6-13-11(9-19)4-5-14(20)18-13/h1-3,11,13H,4-9,17H2,(H,18,20). The summed E-state index contributed by atoms with van der Waals surface area (Å²) in [5, 5.41) is 3.05. The number of nitrogens with zero attached hydrogens (tertiary/aromatic N) is 1. The third-order valence-corrected chi connectivity index (χ3v) is 4.43. The van der Waals surface area contributed by atoms with E-state index < -0.39 is 0 Å². The molecule has 0 bridgehead atoms. The molecule has 2 atom stereocenters. The number of amides is 1. The molecule has 2 fully saturated rings. The second-order valence-electron chi connectivity index (χ2n) is 5.66. The van der Waals surface area contributed by atoms with Crippen LogP contribution in [0.2, 0.25) is 0 Å². The molecule has 0 aliphatic carbocycles. The molecule has 1 aromatic rings. The maximum Gasteiger partial charge on any atom is 0.220 e. The maximum atomic E-state index is 14.1. The summed E-state index contributed by atoms with van der Waals surface area (Å²) >= 11 is 0. The zero-order chi connectivity index (χ0) is 14.1. The van der Waals surface area contributed by atoms with Crippen molar-refractivity contribution in [3.63, 3.8) is 0 Å². The lowest BCUT2D eigenvalue weighted by atomic mass is 9.85. The van der Waals surface area contributed by atoms with Gasteiger partial charge in [-0.2, -0.15) is 0 Å². The van der Waals surface area contributed by atoms with Crippen LogP contribution in [-0.4, -0.2) is 25.0 Å². The predicted molar refractivity (Wildman–Crippen MR) is 75.8 cm³/mol. The molecular weight excluding hydrogens is 257 g/mol. The Kier molecular flexibility index (Phi) is 3.61. The highest BCUT2D eigenvalue weighted by Gasteiger charge is 2.34. The lowest BCUT2D eigenvalue weighted by Gasteiger charge is -2.43. The van der Waals surface area contributed by atoms with E-state index in [-0.39, 0.29) is 17.8 Å². The van der Waals surface area contributed by atoms with Crippen molar-refractivity contribution in [2.24, 2.45) is 11.7 Å². The lowest BCUT2D eigenvalue weighted by molar-refractivity contribution is -0.124. The quantitative estimate of drug-likeness (QED) is 0.859. The summed E-state index contributed by atoms with van der Waals surface area (Å²) in [7, 11) is 0. The Labute approximate surface area is 118 Å². The molecule has 5 heteroatoms. The minimum Gasteiger partial charge on any atom is -0.368 e. The number of para-hydroxylation sites is 1. The molecule has 3 N–H and O–H groups in total. The van der Waals surface area contributed by atoms with Crippen LogP contribution in [-0.2, 0) is 11.3 Å². The van der Waals surface area contributed by atoms with E-state index in [1.165, 1.54) is 6.07 Å². The average molecular weight is 277 g/mol. The summed E-state index contributed by atoms with van der Waals surface area (Å²) in [6.45, 7) is 1.89. The minimum atomic E-state index is -0.203. The molecule has 0 spiro atoms. The van der Waals surface area contributed by atoms with Crippen LogP contribution in [0.15, 0.2) is 18.2 Å². The molecule has 1 aromatic carbocycles. The fourth-order valence-corrected chi connectivity index (χ4v) is 3.39. The first kappa shape index (κ1) is 13.4. The van der Waals surface area contributed by atoms with Gasteiger partial charge in [0.1, 0.15) is 5.82 Å². The van der Waals surface area contributed by atoms with Gasteiger partial charge in [-0.25, -0.2) is 4.39 Å². The molecule has 0 aromatic heterocycles. The number of nitrogens with two attached hydrogens (primary N) is 1. The van der Waals surface area contributed by atoms with Crippen LogP contribution in [0.5, 0.6) is 0 Å². The van der Waals surface area contributed by atoms with Crippen LogP contribution in [0, 0.1) is 11.7 Å². The third kappa shape index (κ3) is 2.38. The van der Waals surface area contributed by atoms with Gasteiger partial charge in [0.2, 0.25) is 5.91 Å². The number of rotatable bonds is 2. The Balaban J connectivity index is 1.81. The number of piperidine rings is 2. The van der Waals surface area contributed by atoms with Crippen LogP contribution < -0.4 is 16.0 Å². The Morgan fingerprint density at radius 2 is 2.25 bits per heavy atom. The number of carbonyl (C=O) groups excluding carboxylic acids is 1. The molecule has 2 unspecified atom stereocenters. The molecule has 108 valence electrons. The van der Waals surface area contributed by atoms with E-state index >= 15 is 0 Å². The fourth-order valence-electron chi connectivity index (χ4n) is 3.39. The third-order valence-electron chi connectivity index (χ3n) is 4.43. The SMILES string of the molecule is NCc1cccc(F)c1N1CCC2NC(=O)CCC2C1. The second-order valence-corrected chi connectivity index (χ2v) is 5.66. The van der Waals surface area contributed by atoms with Crippen molar-refractivity contribution in [2.45, 2.75) is 31.8 Å². The molecule has 0 saturated carbocycles. The van der Waals surface area contributed by atoms with E-state index in [2.05, 4.69) is 10.2 Å². The van der Waals surface area contributed by atoms with E-state index in [1.807, 2.05) is 6.07 Å². The van der Waals surface area contributed by atoms with Crippen molar-refractivity contribution in [1.29, 1.82) is 0 Å². The highest BCUT2D eigenvalue weighted by atomic mass is 19.1. The van der Waals surface area contributed by atoms with E-state index in [1.54, 1.807) is 6.07 Å². The largest absolute Gasteiger partial charge is 0.368 e.